The number of rotatable bonds is 5. The van der Waals surface area contributed by atoms with Crippen LogP contribution >= 0.6 is 0 Å². The van der Waals surface area contributed by atoms with Crippen LogP contribution in [0.15, 0.2) is 29.2 Å². The Morgan fingerprint density at radius 1 is 1.25 bits per heavy atom. The first-order valence-corrected chi connectivity index (χ1v) is 8.42. The standard InChI is InChI=1S/C14H22N2O3S/c1-2-12-3-5-14(6-4-12)20(17,18)16-9-7-13(8-10-16)11-19-15/h3-6,13H,2,7-11,15H2,1H3. The lowest BCUT2D eigenvalue weighted by Gasteiger charge is -2.30. The average molecular weight is 298 g/mol. The Bertz CT molecular complexity index is 520. The summed E-state index contributed by atoms with van der Waals surface area (Å²) in [6.07, 6.45) is 2.50. The number of benzene rings is 1. The topological polar surface area (TPSA) is 72.6 Å². The molecule has 1 fully saturated rings. The van der Waals surface area contributed by atoms with Gasteiger partial charge in [0.1, 0.15) is 0 Å². The van der Waals surface area contributed by atoms with Crippen molar-refractivity contribution >= 4 is 10.0 Å². The molecule has 0 unspecified atom stereocenters. The van der Waals surface area contributed by atoms with Gasteiger partial charge in [0.25, 0.3) is 0 Å². The first kappa shape index (κ1) is 15.4. The molecule has 0 aromatic heterocycles. The first-order valence-electron chi connectivity index (χ1n) is 6.98. The van der Waals surface area contributed by atoms with E-state index >= 15 is 0 Å². The summed E-state index contributed by atoms with van der Waals surface area (Å²) in [5, 5.41) is 0. The molecule has 1 aliphatic rings. The highest BCUT2D eigenvalue weighted by molar-refractivity contribution is 7.89. The molecule has 6 heteroatoms. The fourth-order valence-corrected chi connectivity index (χ4v) is 3.97. The quantitative estimate of drug-likeness (QED) is 0.837. The van der Waals surface area contributed by atoms with Crippen LogP contribution in [0.2, 0.25) is 0 Å². The SMILES string of the molecule is CCc1ccc(S(=O)(=O)N2CCC(CON)CC2)cc1. The molecular weight excluding hydrogens is 276 g/mol. The molecule has 2 N–H and O–H groups in total. The highest BCUT2D eigenvalue weighted by Crippen LogP contribution is 2.24. The predicted molar refractivity (Wildman–Crippen MR) is 77.4 cm³/mol. The lowest BCUT2D eigenvalue weighted by atomic mass is 9.99. The summed E-state index contributed by atoms with van der Waals surface area (Å²) in [5.74, 6) is 5.42. The van der Waals surface area contributed by atoms with Crippen molar-refractivity contribution in [1.29, 1.82) is 0 Å². The van der Waals surface area contributed by atoms with Gasteiger partial charge in [0.05, 0.1) is 11.5 Å². The van der Waals surface area contributed by atoms with Gasteiger partial charge in [-0.3, -0.25) is 0 Å². The number of aryl methyl sites for hydroxylation is 1. The summed E-state index contributed by atoms with van der Waals surface area (Å²) >= 11 is 0. The zero-order valence-electron chi connectivity index (χ0n) is 11.8. The molecule has 0 amide bonds. The van der Waals surface area contributed by atoms with Crippen molar-refractivity contribution in [3.63, 3.8) is 0 Å². The van der Waals surface area contributed by atoms with Gasteiger partial charge < -0.3 is 4.84 Å². The second kappa shape index (κ2) is 6.67. The third kappa shape index (κ3) is 3.38. The van der Waals surface area contributed by atoms with Crippen LogP contribution in [0.5, 0.6) is 0 Å². The van der Waals surface area contributed by atoms with Crippen LogP contribution in [0.3, 0.4) is 0 Å². The van der Waals surface area contributed by atoms with Crippen molar-refractivity contribution in [3.05, 3.63) is 29.8 Å². The van der Waals surface area contributed by atoms with E-state index < -0.39 is 10.0 Å². The van der Waals surface area contributed by atoms with E-state index in [2.05, 4.69) is 4.84 Å². The van der Waals surface area contributed by atoms with Crippen LogP contribution in [-0.2, 0) is 21.3 Å². The average Bonchev–Trinajstić information content (AvgIpc) is 2.48. The minimum Gasteiger partial charge on any atom is -0.304 e. The number of nitrogens with zero attached hydrogens (tertiary/aromatic N) is 1. The van der Waals surface area contributed by atoms with E-state index in [-0.39, 0.29) is 0 Å². The number of sulfonamides is 1. The third-order valence-corrected chi connectivity index (χ3v) is 5.79. The monoisotopic (exact) mass is 298 g/mol. The van der Waals surface area contributed by atoms with Gasteiger partial charge in [-0.25, -0.2) is 14.3 Å². The normalized spacial score (nSPS) is 18.3. The fraction of sp³-hybridized carbons (Fsp3) is 0.571. The summed E-state index contributed by atoms with van der Waals surface area (Å²) in [5.41, 5.74) is 1.14. The molecule has 0 atom stereocenters. The predicted octanol–water partition coefficient (Wildman–Crippen LogP) is 1.54. The maximum absolute atomic E-state index is 12.5. The summed E-state index contributed by atoms with van der Waals surface area (Å²) in [6.45, 7) is 3.62. The largest absolute Gasteiger partial charge is 0.304 e. The second-order valence-electron chi connectivity index (χ2n) is 5.18. The molecule has 1 aliphatic heterocycles. The molecule has 2 rings (SSSR count). The van der Waals surface area contributed by atoms with Crippen LogP contribution in [0.4, 0.5) is 0 Å². The third-order valence-electron chi connectivity index (χ3n) is 3.87. The van der Waals surface area contributed by atoms with Crippen LogP contribution in [0.1, 0.15) is 25.3 Å². The lowest BCUT2D eigenvalue weighted by molar-refractivity contribution is 0.0805. The van der Waals surface area contributed by atoms with Crippen molar-refractivity contribution in [2.24, 2.45) is 11.8 Å². The molecule has 1 aromatic carbocycles. The van der Waals surface area contributed by atoms with Crippen molar-refractivity contribution in [1.82, 2.24) is 4.31 Å². The second-order valence-corrected chi connectivity index (χ2v) is 7.12. The van der Waals surface area contributed by atoms with Gasteiger partial charge in [-0.05, 0) is 42.9 Å². The molecule has 1 saturated heterocycles. The molecule has 0 spiro atoms. The Morgan fingerprint density at radius 2 is 1.85 bits per heavy atom. The Labute approximate surface area is 120 Å². The molecule has 0 saturated carbocycles. The van der Waals surface area contributed by atoms with E-state index in [1.54, 1.807) is 16.4 Å². The molecular formula is C14H22N2O3S. The molecule has 112 valence electrons. The molecule has 1 aromatic rings. The number of hydrogen-bond acceptors (Lipinski definition) is 4. The molecule has 5 nitrogen and oxygen atoms in total. The number of hydrogen-bond donors (Lipinski definition) is 1. The van der Waals surface area contributed by atoms with Crippen LogP contribution < -0.4 is 5.90 Å². The fourth-order valence-electron chi connectivity index (χ4n) is 2.50. The van der Waals surface area contributed by atoms with Crippen LogP contribution in [0, 0.1) is 5.92 Å². The van der Waals surface area contributed by atoms with E-state index in [1.807, 2.05) is 19.1 Å². The highest BCUT2D eigenvalue weighted by Gasteiger charge is 2.29. The van der Waals surface area contributed by atoms with Gasteiger partial charge in [-0.15, -0.1) is 0 Å². The molecule has 1 heterocycles. The highest BCUT2D eigenvalue weighted by atomic mass is 32.2. The number of piperidine rings is 1. The zero-order valence-corrected chi connectivity index (χ0v) is 12.6. The molecule has 0 bridgehead atoms. The van der Waals surface area contributed by atoms with E-state index in [0.29, 0.717) is 30.5 Å². The van der Waals surface area contributed by atoms with Gasteiger partial charge >= 0.3 is 0 Å². The first-order chi connectivity index (χ1) is 9.57. The van der Waals surface area contributed by atoms with Gasteiger partial charge in [0, 0.05) is 13.1 Å². The Hall–Kier alpha value is -0.950. The van der Waals surface area contributed by atoms with E-state index in [1.165, 1.54) is 0 Å². The summed E-state index contributed by atoms with van der Waals surface area (Å²) in [6, 6.07) is 7.15. The van der Waals surface area contributed by atoms with Gasteiger partial charge in [0.2, 0.25) is 10.0 Å². The molecule has 0 aliphatic carbocycles. The zero-order chi connectivity index (χ0) is 14.6. The minimum atomic E-state index is -3.36. The van der Waals surface area contributed by atoms with Crippen molar-refractivity contribution in [3.8, 4) is 0 Å². The van der Waals surface area contributed by atoms with Crippen molar-refractivity contribution in [2.75, 3.05) is 19.7 Å². The maximum Gasteiger partial charge on any atom is 0.243 e. The molecule has 0 radical (unpaired) electrons. The van der Waals surface area contributed by atoms with Crippen molar-refractivity contribution < 1.29 is 13.3 Å². The summed E-state index contributed by atoms with van der Waals surface area (Å²) < 4.78 is 26.6. The Morgan fingerprint density at radius 3 is 2.35 bits per heavy atom. The van der Waals surface area contributed by atoms with Gasteiger partial charge in [0.15, 0.2) is 0 Å². The van der Waals surface area contributed by atoms with E-state index in [4.69, 9.17) is 5.90 Å². The lowest BCUT2D eigenvalue weighted by Crippen LogP contribution is -2.39. The number of nitrogens with two attached hydrogens (primary N) is 1. The van der Waals surface area contributed by atoms with Gasteiger partial charge in [-0.1, -0.05) is 19.1 Å². The van der Waals surface area contributed by atoms with Gasteiger partial charge in [-0.2, -0.15) is 4.31 Å². The minimum absolute atomic E-state index is 0.355. The summed E-state index contributed by atoms with van der Waals surface area (Å²) in [4.78, 5) is 5.02. The van der Waals surface area contributed by atoms with Crippen LogP contribution in [-0.4, -0.2) is 32.4 Å². The molecule has 20 heavy (non-hydrogen) atoms. The van der Waals surface area contributed by atoms with E-state index in [0.717, 1.165) is 24.8 Å². The maximum atomic E-state index is 12.5. The Kier molecular flexibility index (Phi) is 5.15. The Balaban J connectivity index is 2.07. The van der Waals surface area contributed by atoms with E-state index in [9.17, 15) is 8.42 Å². The smallest absolute Gasteiger partial charge is 0.243 e. The van der Waals surface area contributed by atoms with Crippen LogP contribution in [0.25, 0.3) is 0 Å². The summed E-state index contributed by atoms with van der Waals surface area (Å²) in [7, 11) is -3.36. The van der Waals surface area contributed by atoms with Crippen molar-refractivity contribution in [2.45, 2.75) is 31.1 Å².